The van der Waals surface area contributed by atoms with Crippen molar-refractivity contribution < 1.29 is 7.62 Å². The molecule has 30 valence electrons. The van der Waals surface area contributed by atoms with Crippen molar-refractivity contribution >= 4 is 5.91 Å². The van der Waals surface area contributed by atoms with Gasteiger partial charge in [0.15, 0.2) is 2.82 Å². The van der Waals surface area contributed by atoms with Crippen molar-refractivity contribution in [3.63, 3.8) is 0 Å². The summed E-state index contributed by atoms with van der Waals surface area (Å²) in [5, 5.41) is 0. The second kappa shape index (κ2) is 1.76. The fourth-order valence-corrected chi connectivity index (χ4v) is 0. The van der Waals surface area contributed by atoms with Crippen LogP contribution in [0.1, 0.15) is 13.3 Å². The molecule has 0 radical (unpaired) electrons. The number of rotatable bonds is 1. The van der Waals surface area contributed by atoms with Crippen molar-refractivity contribution in [1.29, 1.82) is 0 Å². The first-order valence-electron chi connectivity index (χ1n) is 2.38. The lowest BCUT2D eigenvalue weighted by atomic mass is 10.5. The van der Waals surface area contributed by atoms with Crippen LogP contribution in [0.2, 0.25) is 2.82 Å². The van der Waals surface area contributed by atoms with Crippen LogP contribution < -0.4 is 5.72 Å². The number of hydrogen-bond donors (Lipinski definition) is 1. The Kier molecular flexibility index (Phi) is 0.633. The van der Waals surface area contributed by atoms with E-state index in [0.717, 1.165) is 0 Å². The molecule has 1 amide bonds. The van der Waals surface area contributed by atoms with Gasteiger partial charge < -0.3 is 5.72 Å². The van der Waals surface area contributed by atoms with Gasteiger partial charge in [-0.25, -0.2) is 0 Å². The van der Waals surface area contributed by atoms with Gasteiger partial charge in [-0.05, 0) is 0 Å². The smallest absolute Gasteiger partial charge is 0.217 e. The van der Waals surface area contributed by atoms with Gasteiger partial charge in [-0.1, -0.05) is 6.92 Å². The molecule has 0 aromatic carbocycles. The van der Waals surface area contributed by atoms with Crippen molar-refractivity contribution in [3.8, 4) is 0 Å². The van der Waals surface area contributed by atoms with E-state index in [0.29, 0.717) is 0 Å². The summed E-state index contributed by atoms with van der Waals surface area (Å²) in [5.74, 6) is -0.486. The maximum atomic E-state index is 10.1. The van der Waals surface area contributed by atoms with Gasteiger partial charge in [-0.3, -0.25) is 4.79 Å². The second-order valence-corrected chi connectivity index (χ2v) is 0.747. The Bertz CT molecular complexity index is 73.3. The van der Waals surface area contributed by atoms with E-state index in [-0.39, 0.29) is 12.1 Å². The molecule has 0 aliphatic rings. The summed E-state index contributed by atoms with van der Waals surface area (Å²) < 4.78 is 12.7. The van der Waals surface area contributed by atoms with Crippen LogP contribution >= 0.6 is 0 Å². The maximum Gasteiger partial charge on any atom is 0.217 e. The lowest BCUT2D eigenvalue weighted by Crippen LogP contribution is -2.06. The Balaban J connectivity index is 3.35. The van der Waals surface area contributed by atoms with Gasteiger partial charge in [0, 0.05) is 6.42 Å². The molecule has 0 atom stereocenters. The predicted octanol–water partition coefficient (Wildman–Crippen LogP) is -0.118. The minimum absolute atomic E-state index is 0.0833. The largest absolute Gasteiger partial charge is 0.370 e. The molecule has 0 heterocycles. The molecule has 0 aliphatic heterocycles. The summed E-state index contributed by atoms with van der Waals surface area (Å²) in [6.45, 7) is 1.61. The number of amides is 1. The predicted molar refractivity (Wildman–Crippen MR) is 19.5 cm³/mol. The number of primary amides is 1. The first-order valence-corrected chi connectivity index (χ1v) is 1.49. The highest BCUT2D eigenvalue weighted by atomic mass is 16.1. The molecular formula is C3H7NO. The second-order valence-electron chi connectivity index (χ2n) is 0.747. The molecule has 0 fully saturated rings. The molecule has 0 aromatic heterocycles. The Morgan fingerprint density at radius 2 is 3.00 bits per heavy atom. The third kappa shape index (κ3) is 3.47. The molecule has 0 aliphatic carbocycles. The molecule has 5 heavy (non-hydrogen) atoms. The fourth-order valence-electron chi connectivity index (χ4n) is 0. The summed E-state index contributed by atoms with van der Waals surface area (Å²) in [7, 11) is 0. The number of nitrogens with two attached hydrogens (primary N) is 1. The average Bonchev–Trinajstić information content (AvgIpc) is 1.65. The third-order valence-electron chi connectivity index (χ3n) is 0.302. The highest BCUT2D eigenvalue weighted by Gasteiger charge is 1.77. The molecule has 0 rings (SSSR count). The van der Waals surface area contributed by atoms with Crippen LogP contribution in [0, 0.1) is 0 Å². The Labute approximate surface area is 33.9 Å². The van der Waals surface area contributed by atoms with E-state index in [1.54, 1.807) is 6.92 Å². The van der Waals surface area contributed by atoms with Crippen LogP contribution in [0.3, 0.4) is 0 Å². The van der Waals surface area contributed by atoms with Crippen molar-refractivity contribution in [2.45, 2.75) is 13.3 Å². The fraction of sp³-hybridized carbons (Fsp3) is 0.667. The van der Waals surface area contributed by atoms with E-state index in [4.69, 9.17) is 2.82 Å². The molecule has 2 N–H and O–H groups in total. The van der Waals surface area contributed by atoms with E-state index in [1.165, 1.54) is 0 Å². The highest BCUT2D eigenvalue weighted by Crippen LogP contribution is 1.63. The van der Waals surface area contributed by atoms with Crippen molar-refractivity contribution in [2.75, 3.05) is 0 Å². The van der Waals surface area contributed by atoms with Gasteiger partial charge in [0.2, 0.25) is 5.91 Å². The summed E-state index contributed by atoms with van der Waals surface area (Å²) in [4.78, 5) is 10.1. The molecular weight excluding hydrogens is 66.0 g/mol. The van der Waals surface area contributed by atoms with E-state index in [9.17, 15) is 4.79 Å². The zero-order valence-corrected chi connectivity index (χ0v) is 3.06. The van der Waals surface area contributed by atoms with Crippen LogP contribution in [0.5, 0.6) is 0 Å². The molecule has 0 aromatic rings. The standard InChI is InChI=1S/C3H7NO/c1-2-3(4)5/h2H2,1H3,(H2,4,5)/i/hD2. The van der Waals surface area contributed by atoms with Crippen LogP contribution in [-0.2, 0) is 4.79 Å². The summed E-state index contributed by atoms with van der Waals surface area (Å²) in [5.41, 5.74) is 0.0833. The molecule has 0 bridgehead atoms. The Hall–Kier alpha value is -0.530. The highest BCUT2D eigenvalue weighted by molar-refractivity contribution is 5.73. The van der Waals surface area contributed by atoms with Crippen LogP contribution in [-0.4, -0.2) is 5.91 Å². The van der Waals surface area contributed by atoms with Crippen molar-refractivity contribution in [3.05, 3.63) is 0 Å². The molecule has 0 spiro atoms. The van der Waals surface area contributed by atoms with E-state index >= 15 is 0 Å². The normalized spacial score (nSPS) is 12.2. The topological polar surface area (TPSA) is 43.1 Å². The van der Waals surface area contributed by atoms with E-state index in [2.05, 4.69) is 0 Å². The lowest BCUT2D eigenvalue weighted by Gasteiger charge is -1.73. The number of carbonyl (C=O) groups is 1. The molecule has 0 saturated carbocycles. The summed E-state index contributed by atoms with van der Waals surface area (Å²) in [6.07, 6.45) is 0.229. The van der Waals surface area contributed by atoms with Gasteiger partial charge >= 0.3 is 0 Å². The van der Waals surface area contributed by atoms with Crippen LogP contribution in [0.15, 0.2) is 0 Å². The average molecular weight is 75.1 g/mol. The lowest BCUT2D eigenvalue weighted by molar-refractivity contribution is -0.117. The minimum atomic E-state index is -0.486. The first-order chi connectivity index (χ1) is 3.18. The number of hydrogen-bond acceptors (Lipinski definition) is 1. The maximum absolute atomic E-state index is 10.1. The number of carbonyl (C=O) groups excluding carboxylic acids is 1. The van der Waals surface area contributed by atoms with Crippen molar-refractivity contribution in [2.24, 2.45) is 5.72 Å². The van der Waals surface area contributed by atoms with Crippen LogP contribution in [0.4, 0.5) is 0 Å². The van der Waals surface area contributed by atoms with Crippen LogP contribution in [0.25, 0.3) is 0 Å². The zero-order valence-electron chi connectivity index (χ0n) is 5.06. The first kappa shape index (κ1) is 1.80. The minimum Gasteiger partial charge on any atom is -0.370 e. The van der Waals surface area contributed by atoms with Crippen molar-refractivity contribution in [1.82, 2.24) is 0 Å². The Morgan fingerprint density at radius 3 is 3.00 bits per heavy atom. The van der Waals surface area contributed by atoms with Gasteiger partial charge in [0.05, 0.1) is 0 Å². The molecule has 0 saturated heterocycles. The summed E-state index contributed by atoms with van der Waals surface area (Å²) >= 11 is 0. The van der Waals surface area contributed by atoms with Gasteiger partial charge in [-0.15, -0.1) is 0 Å². The van der Waals surface area contributed by atoms with Gasteiger partial charge in [-0.2, -0.15) is 0 Å². The monoisotopic (exact) mass is 75.1 g/mol. The van der Waals surface area contributed by atoms with E-state index in [1.807, 2.05) is 0 Å². The Morgan fingerprint density at radius 1 is 2.40 bits per heavy atom. The third-order valence-corrected chi connectivity index (χ3v) is 0.302. The SMILES string of the molecule is [2H]N([2H])C(=O)CC. The summed E-state index contributed by atoms with van der Waals surface area (Å²) in [6, 6.07) is 0. The molecule has 2 heteroatoms. The van der Waals surface area contributed by atoms with Gasteiger partial charge in [0.25, 0.3) is 0 Å². The zero-order chi connectivity index (χ0) is 5.86. The molecule has 2 nitrogen and oxygen atoms in total. The van der Waals surface area contributed by atoms with Gasteiger partial charge in [0.1, 0.15) is 0 Å². The molecule has 0 unspecified atom stereocenters. The quantitative estimate of drug-likeness (QED) is 0.464. The van der Waals surface area contributed by atoms with E-state index < -0.39 is 5.91 Å².